The third-order valence-electron chi connectivity index (χ3n) is 3.68. The van der Waals surface area contributed by atoms with E-state index in [9.17, 15) is 14.4 Å². The Balaban J connectivity index is 2.18. The van der Waals surface area contributed by atoms with Gasteiger partial charge in [0.2, 0.25) is 5.91 Å². The number of methoxy groups -OCH3 is 1. The first kappa shape index (κ1) is 19.5. The number of hydrogen-bond acceptors (Lipinski definition) is 6. The van der Waals surface area contributed by atoms with Gasteiger partial charge in [0, 0.05) is 6.42 Å². The lowest BCUT2D eigenvalue weighted by Crippen LogP contribution is -2.60. The maximum atomic E-state index is 12.2. The van der Waals surface area contributed by atoms with Crippen molar-refractivity contribution in [1.29, 1.82) is 0 Å². The first-order valence-corrected chi connectivity index (χ1v) is 9.34. The van der Waals surface area contributed by atoms with Crippen LogP contribution in [-0.2, 0) is 25.7 Å². The molecule has 134 valence electrons. The van der Waals surface area contributed by atoms with Crippen molar-refractivity contribution < 1.29 is 23.9 Å². The summed E-state index contributed by atoms with van der Waals surface area (Å²) >= 11 is 4.26. The highest BCUT2D eigenvalue weighted by Gasteiger charge is 2.49. The molecule has 1 amide bonds. The predicted octanol–water partition coefficient (Wildman–Crippen LogP) is 2.89. The van der Waals surface area contributed by atoms with Crippen LogP contribution < -0.4 is 4.74 Å². The van der Waals surface area contributed by atoms with Crippen molar-refractivity contribution in [3.8, 4) is 5.75 Å². The Kier molecular flexibility index (Phi) is 7.07. The number of rotatable bonds is 9. The molecule has 0 bridgehead atoms. The van der Waals surface area contributed by atoms with Crippen molar-refractivity contribution in [2.75, 3.05) is 7.11 Å². The summed E-state index contributed by atoms with van der Waals surface area (Å²) in [6, 6.07) is 7.34. The van der Waals surface area contributed by atoms with Crippen molar-refractivity contribution in [2.24, 2.45) is 0 Å². The molecule has 8 heteroatoms. The maximum absolute atomic E-state index is 12.2. The molecule has 1 aromatic carbocycles. The molecule has 2 atom stereocenters. The van der Waals surface area contributed by atoms with E-state index in [0.717, 1.165) is 29.4 Å². The fourth-order valence-electron chi connectivity index (χ4n) is 2.32. The van der Waals surface area contributed by atoms with Crippen molar-refractivity contribution in [3.63, 3.8) is 0 Å². The standard InChI is InChI=1S/C17H18BrNO5S/c1-11(7-8-20)16(19-15(22)14(18)17(19)25-10-21)24-9-12-3-5-13(23-2)6-4-12/h3-6,8,10,14,17H,7,9H2,1-2H3/t14-,17+/m0/s1. The topological polar surface area (TPSA) is 72.9 Å². The molecule has 6 nitrogen and oxygen atoms in total. The Hall–Kier alpha value is -1.80. The fraction of sp³-hybridized carbons (Fsp3) is 0.353. The zero-order valence-electron chi connectivity index (χ0n) is 13.8. The van der Waals surface area contributed by atoms with Crippen LogP contribution in [0.25, 0.3) is 0 Å². The number of likely N-dealkylation sites (tertiary alicyclic amines) is 1. The Morgan fingerprint density at radius 2 is 2.00 bits per heavy atom. The van der Waals surface area contributed by atoms with E-state index >= 15 is 0 Å². The van der Waals surface area contributed by atoms with Crippen LogP contribution in [-0.4, -0.2) is 40.0 Å². The predicted molar refractivity (Wildman–Crippen MR) is 98.9 cm³/mol. The number of halogens is 1. The van der Waals surface area contributed by atoms with E-state index in [0.29, 0.717) is 17.1 Å². The second-order valence-corrected chi connectivity index (χ2v) is 7.26. The quantitative estimate of drug-likeness (QED) is 0.261. The molecule has 1 aromatic rings. The van der Waals surface area contributed by atoms with Gasteiger partial charge in [-0.05, 0) is 30.2 Å². The number of benzene rings is 1. The monoisotopic (exact) mass is 427 g/mol. The second-order valence-electron chi connectivity index (χ2n) is 5.33. The van der Waals surface area contributed by atoms with Crippen molar-refractivity contribution in [1.82, 2.24) is 4.90 Å². The number of β-lactam (4-membered cyclic amide) rings is 1. The number of thioether (sulfide) groups is 1. The third-order valence-corrected chi connectivity index (χ3v) is 5.80. The molecule has 0 saturated carbocycles. The molecule has 1 aliphatic rings. The van der Waals surface area contributed by atoms with E-state index in [-0.39, 0.29) is 18.9 Å². The molecule has 0 aromatic heterocycles. The summed E-state index contributed by atoms with van der Waals surface area (Å²) < 4.78 is 11.0. The third kappa shape index (κ3) is 4.43. The van der Waals surface area contributed by atoms with Gasteiger partial charge in [-0.1, -0.05) is 39.8 Å². The van der Waals surface area contributed by atoms with Gasteiger partial charge in [-0.3, -0.25) is 14.5 Å². The molecule has 1 fully saturated rings. The van der Waals surface area contributed by atoms with E-state index in [2.05, 4.69) is 15.9 Å². The number of hydrogen-bond donors (Lipinski definition) is 0. The number of alkyl halides is 1. The molecule has 0 unspecified atom stereocenters. The Morgan fingerprint density at radius 1 is 1.32 bits per heavy atom. The summed E-state index contributed by atoms with van der Waals surface area (Å²) in [5, 5.41) is -0.391. The van der Waals surface area contributed by atoms with E-state index in [1.807, 2.05) is 24.3 Å². The Morgan fingerprint density at radius 3 is 2.56 bits per heavy atom. The summed E-state index contributed by atoms with van der Waals surface area (Å²) in [5.74, 6) is 0.858. The smallest absolute Gasteiger partial charge is 0.247 e. The lowest BCUT2D eigenvalue weighted by Gasteiger charge is -2.43. The zero-order chi connectivity index (χ0) is 18.4. The van der Waals surface area contributed by atoms with Crippen LogP contribution in [0, 0.1) is 0 Å². The van der Waals surface area contributed by atoms with E-state index < -0.39 is 10.2 Å². The van der Waals surface area contributed by atoms with Gasteiger partial charge in [-0.15, -0.1) is 0 Å². The van der Waals surface area contributed by atoms with Crippen LogP contribution in [0.15, 0.2) is 35.7 Å². The minimum atomic E-state index is -0.452. The van der Waals surface area contributed by atoms with Crippen LogP contribution in [0.5, 0.6) is 5.75 Å². The summed E-state index contributed by atoms with van der Waals surface area (Å²) in [4.78, 5) is 34.9. The summed E-state index contributed by atoms with van der Waals surface area (Å²) in [5.41, 5.74) is 2.21. The molecule has 2 rings (SSSR count). The Labute approximate surface area is 158 Å². The van der Waals surface area contributed by atoms with Crippen molar-refractivity contribution in [2.45, 2.75) is 30.2 Å². The van der Waals surface area contributed by atoms with Gasteiger partial charge in [0.25, 0.3) is 0 Å². The average molecular weight is 428 g/mol. The van der Waals surface area contributed by atoms with E-state index in [4.69, 9.17) is 9.47 Å². The normalized spacial score (nSPS) is 20.4. The molecular formula is C17H18BrNO5S. The van der Waals surface area contributed by atoms with E-state index in [1.165, 1.54) is 4.90 Å². The number of amides is 1. The summed E-state index contributed by atoms with van der Waals surface area (Å²) in [7, 11) is 1.59. The lowest BCUT2D eigenvalue weighted by atomic mass is 10.1. The SMILES string of the molecule is COc1ccc(COC(=C(C)CC=O)N2C(=O)[C@H](Br)[C@H]2SC=O)cc1. The molecule has 1 saturated heterocycles. The summed E-state index contributed by atoms with van der Waals surface area (Å²) in [6.07, 6.45) is 0.900. The molecule has 1 aliphatic heterocycles. The fourth-order valence-corrected chi connectivity index (χ4v) is 3.84. The van der Waals surface area contributed by atoms with Gasteiger partial charge >= 0.3 is 0 Å². The van der Waals surface area contributed by atoms with Gasteiger partial charge in [0.05, 0.1) is 7.11 Å². The van der Waals surface area contributed by atoms with Gasteiger partial charge < -0.3 is 14.3 Å². The maximum Gasteiger partial charge on any atom is 0.247 e. The van der Waals surface area contributed by atoms with Gasteiger partial charge in [0.1, 0.15) is 28.8 Å². The molecule has 1 heterocycles. The molecular weight excluding hydrogens is 410 g/mol. The largest absolute Gasteiger partial charge is 0.497 e. The number of carbonyl (C=O) groups is 3. The second kappa shape index (κ2) is 9.05. The number of ether oxygens (including phenoxy) is 2. The molecule has 0 spiro atoms. The average Bonchev–Trinajstić information content (AvgIpc) is 2.64. The van der Waals surface area contributed by atoms with Crippen LogP contribution in [0.2, 0.25) is 0 Å². The van der Waals surface area contributed by atoms with Crippen molar-refractivity contribution >= 4 is 45.5 Å². The highest BCUT2D eigenvalue weighted by molar-refractivity contribution is 9.10. The minimum absolute atomic E-state index is 0.146. The number of carbonyl (C=O) groups excluding carboxylic acids is 3. The van der Waals surface area contributed by atoms with Crippen LogP contribution >= 0.6 is 27.7 Å². The number of nitrogens with zero attached hydrogens (tertiary/aromatic N) is 1. The Bertz CT molecular complexity index is 676. The van der Waals surface area contributed by atoms with E-state index in [1.54, 1.807) is 14.0 Å². The summed E-state index contributed by atoms with van der Waals surface area (Å²) in [6.45, 7) is 1.96. The van der Waals surface area contributed by atoms with Gasteiger partial charge in [-0.2, -0.15) is 0 Å². The molecule has 0 radical (unpaired) electrons. The molecule has 0 N–H and O–H groups in total. The highest BCUT2D eigenvalue weighted by atomic mass is 79.9. The van der Waals surface area contributed by atoms with Gasteiger partial charge in [-0.25, -0.2) is 0 Å². The molecule has 0 aliphatic carbocycles. The van der Waals surface area contributed by atoms with Crippen LogP contribution in [0.3, 0.4) is 0 Å². The first-order valence-electron chi connectivity index (χ1n) is 7.48. The molecule has 25 heavy (non-hydrogen) atoms. The van der Waals surface area contributed by atoms with Crippen molar-refractivity contribution in [3.05, 3.63) is 41.3 Å². The number of allylic oxidation sites excluding steroid dienone is 1. The highest BCUT2D eigenvalue weighted by Crippen LogP contribution is 2.38. The minimum Gasteiger partial charge on any atom is -0.497 e. The first-order chi connectivity index (χ1) is 12.0. The zero-order valence-corrected chi connectivity index (χ0v) is 16.2. The lowest BCUT2D eigenvalue weighted by molar-refractivity contribution is -0.141. The van der Waals surface area contributed by atoms with Crippen LogP contribution in [0.1, 0.15) is 18.9 Å². The van der Waals surface area contributed by atoms with Crippen LogP contribution in [0.4, 0.5) is 0 Å². The number of aldehydes is 1. The van der Waals surface area contributed by atoms with Gasteiger partial charge in [0.15, 0.2) is 11.5 Å².